The Morgan fingerprint density at radius 3 is 2.25 bits per heavy atom. The minimum Gasteiger partial charge on any atom is -0.479 e. The third kappa shape index (κ3) is 7.13. The molecule has 0 bridgehead atoms. The molecule has 132 valence electrons. The van der Waals surface area contributed by atoms with Crippen LogP contribution >= 0.6 is 0 Å². The van der Waals surface area contributed by atoms with Crippen LogP contribution in [-0.2, 0) is 25.5 Å². The Kier molecular flexibility index (Phi) is 6.76. The van der Waals surface area contributed by atoms with E-state index in [2.05, 4.69) is 5.32 Å². The molecule has 1 aromatic carbocycles. The molecule has 0 aromatic heterocycles. The van der Waals surface area contributed by atoms with Gasteiger partial charge in [0.2, 0.25) is 0 Å². The summed E-state index contributed by atoms with van der Waals surface area (Å²) in [6.07, 6.45) is -1.93. The standard InChI is InChI=1S/C17H23NO6/c1-11(14(19)20)23-15(21)13(10-12-8-6-5-7-9-12)18-16(22)24-17(2,3)4/h5-9,11,13H,10H2,1-4H3,(H,18,22)(H,19,20)/t11-,13-/m0/s1. The molecule has 0 saturated heterocycles. The molecule has 0 radical (unpaired) electrons. The van der Waals surface area contributed by atoms with Gasteiger partial charge in [-0.1, -0.05) is 30.3 Å². The quantitative estimate of drug-likeness (QED) is 0.771. The number of carbonyl (C=O) groups is 3. The highest BCUT2D eigenvalue weighted by atomic mass is 16.6. The summed E-state index contributed by atoms with van der Waals surface area (Å²) in [5.74, 6) is -2.10. The number of carboxylic acid groups (broad SMARTS) is 1. The van der Waals surface area contributed by atoms with E-state index in [0.29, 0.717) is 0 Å². The number of benzene rings is 1. The molecule has 2 N–H and O–H groups in total. The molecule has 0 spiro atoms. The number of carboxylic acids is 1. The summed E-state index contributed by atoms with van der Waals surface area (Å²) in [5, 5.41) is 11.3. The zero-order valence-electron chi connectivity index (χ0n) is 14.2. The highest BCUT2D eigenvalue weighted by Crippen LogP contribution is 2.10. The first-order valence-electron chi connectivity index (χ1n) is 7.55. The monoisotopic (exact) mass is 337 g/mol. The second-order valence-electron chi connectivity index (χ2n) is 6.31. The van der Waals surface area contributed by atoms with Crippen LogP contribution in [0.15, 0.2) is 30.3 Å². The number of hydrogen-bond donors (Lipinski definition) is 2. The lowest BCUT2D eigenvalue weighted by atomic mass is 10.1. The summed E-state index contributed by atoms with van der Waals surface area (Å²) < 4.78 is 10.0. The van der Waals surface area contributed by atoms with Crippen molar-refractivity contribution >= 4 is 18.0 Å². The molecule has 1 aromatic rings. The predicted octanol–water partition coefficient (Wildman–Crippen LogP) is 2.14. The smallest absolute Gasteiger partial charge is 0.408 e. The Morgan fingerprint density at radius 1 is 1.17 bits per heavy atom. The average molecular weight is 337 g/mol. The Balaban J connectivity index is 2.84. The van der Waals surface area contributed by atoms with Crippen molar-refractivity contribution in [3.63, 3.8) is 0 Å². The minimum atomic E-state index is -1.31. The van der Waals surface area contributed by atoms with Gasteiger partial charge < -0.3 is 19.9 Å². The van der Waals surface area contributed by atoms with Crippen LogP contribution in [0.1, 0.15) is 33.3 Å². The summed E-state index contributed by atoms with van der Waals surface area (Å²) >= 11 is 0. The molecule has 7 heteroatoms. The van der Waals surface area contributed by atoms with E-state index in [0.717, 1.165) is 5.56 Å². The van der Waals surface area contributed by atoms with Gasteiger partial charge >= 0.3 is 18.0 Å². The lowest BCUT2D eigenvalue weighted by molar-refractivity contribution is -0.164. The number of alkyl carbamates (subject to hydrolysis) is 1. The molecule has 0 saturated carbocycles. The van der Waals surface area contributed by atoms with Crippen molar-refractivity contribution in [2.75, 3.05) is 0 Å². The molecule has 0 aliphatic rings. The van der Waals surface area contributed by atoms with E-state index in [9.17, 15) is 14.4 Å². The van der Waals surface area contributed by atoms with Gasteiger partial charge in [0.1, 0.15) is 11.6 Å². The fourth-order valence-electron chi connectivity index (χ4n) is 1.80. The number of esters is 1. The number of nitrogens with one attached hydrogen (secondary N) is 1. The molecule has 2 atom stereocenters. The second kappa shape index (κ2) is 8.33. The number of rotatable bonds is 6. The largest absolute Gasteiger partial charge is 0.479 e. The average Bonchev–Trinajstić information content (AvgIpc) is 2.45. The Morgan fingerprint density at radius 2 is 1.75 bits per heavy atom. The number of hydrogen-bond acceptors (Lipinski definition) is 5. The van der Waals surface area contributed by atoms with Crippen LogP contribution in [0.3, 0.4) is 0 Å². The zero-order valence-corrected chi connectivity index (χ0v) is 14.2. The Hall–Kier alpha value is -2.57. The van der Waals surface area contributed by atoms with Gasteiger partial charge in [-0.2, -0.15) is 0 Å². The fourth-order valence-corrected chi connectivity index (χ4v) is 1.80. The molecular weight excluding hydrogens is 314 g/mol. The van der Waals surface area contributed by atoms with Crippen molar-refractivity contribution < 1.29 is 29.0 Å². The van der Waals surface area contributed by atoms with Gasteiger partial charge in [-0.15, -0.1) is 0 Å². The normalized spacial score (nSPS) is 13.5. The van der Waals surface area contributed by atoms with Crippen LogP contribution in [0.2, 0.25) is 0 Å². The van der Waals surface area contributed by atoms with Gasteiger partial charge in [0.05, 0.1) is 0 Å². The third-order valence-corrected chi connectivity index (χ3v) is 2.90. The van der Waals surface area contributed by atoms with Crippen molar-refractivity contribution in [2.45, 2.75) is 51.9 Å². The molecule has 0 aliphatic carbocycles. The van der Waals surface area contributed by atoms with Gasteiger partial charge in [0.15, 0.2) is 6.10 Å². The topological polar surface area (TPSA) is 102 Å². The second-order valence-corrected chi connectivity index (χ2v) is 6.31. The van der Waals surface area contributed by atoms with Crippen molar-refractivity contribution in [2.24, 2.45) is 0 Å². The van der Waals surface area contributed by atoms with Gasteiger partial charge in [0, 0.05) is 6.42 Å². The van der Waals surface area contributed by atoms with Gasteiger partial charge in [-0.3, -0.25) is 0 Å². The maximum atomic E-state index is 12.2. The first-order chi connectivity index (χ1) is 11.1. The number of carbonyl (C=O) groups excluding carboxylic acids is 2. The predicted molar refractivity (Wildman–Crippen MR) is 86.5 cm³/mol. The third-order valence-electron chi connectivity index (χ3n) is 2.90. The summed E-state index contributed by atoms with van der Waals surface area (Å²) in [6.45, 7) is 6.34. The fraction of sp³-hybridized carbons (Fsp3) is 0.471. The zero-order chi connectivity index (χ0) is 18.3. The molecule has 0 fully saturated rings. The van der Waals surface area contributed by atoms with Crippen LogP contribution in [0.25, 0.3) is 0 Å². The van der Waals surface area contributed by atoms with E-state index in [4.69, 9.17) is 14.6 Å². The van der Waals surface area contributed by atoms with Crippen molar-refractivity contribution in [1.29, 1.82) is 0 Å². The van der Waals surface area contributed by atoms with Crippen LogP contribution in [0, 0.1) is 0 Å². The number of ether oxygens (including phenoxy) is 2. The molecule has 7 nitrogen and oxygen atoms in total. The molecule has 1 rings (SSSR count). The molecular formula is C17H23NO6. The maximum absolute atomic E-state index is 12.2. The van der Waals surface area contributed by atoms with Crippen LogP contribution in [0.4, 0.5) is 4.79 Å². The molecule has 0 aliphatic heterocycles. The van der Waals surface area contributed by atoms with Crippen LogP contribution < -0.4 is 5.32 Å². The first-order valence-corrected chi connectivity index (χ1v) is 7.55. The van der Waals surface area contributed by atoms with E-state index in [1.807, 2.05) is 6.07 Å². The molecule has 0 heterocycles. The lowest BCUT2D eigenvalue weighted by Crippen LogP contribution is -2.46. The van der Waals surface area contributed by atoms with Gasteiger partial charge in [0.25, 0.3) is 0 Å². The Labute approximate surface area is 141 Å². The van der Waals surface area contributed by atoms with E-state index < -0.39 is 35.8 Å². The molecule has 24 heavy (non-hydrogen) atoms. The van der Waals surface area contributed by atoms with E-state index in [1.54, 1.807) is 45.0 Å². The van der Waals surface area contributed by atoms with Crippen LogP contribution in [-0.4, -0.2) is 40.9 Å². The SMILES string of the molecule is C[C@H](OC(=O)[C@H](Cc1ccccc1)NC(=O)OC(C)(C)C)C(=O)O. The van der Waals surface area contributed by atoms with Gasteiger partial charge in [-0.25, -0.2) is 14.4 Å². The van der Waals surface area contributed by atoms with Crippen molar-refractivity contribution in [3.05, 3.63) is 35.9 Å². The van der Waals surface area contributed by atoms with E-state index in [-0.39, 0.29) is 6.42 Å². The minimum absolute atomic E-state index is 0.158. The van der Waals surface area contributed by atoms with Gasteiger partial charge in [-0.05, 0) is 33.3 Å². The van der Waals surface area contributed by atoms with E-state index in [1.165, 1.54) is 6.92 Å². The highest BCUT2D eigenvalue weighted by Gasteiger charge is 2.28. The molecule has 0 unspecified atom stereocenters. The maximum Gasteiger partial charge on any atom is 0.408 e. The number of amides is 1. The summed E-state index contributed by atoms with van der Waals surface area (Å²) in [5.41, 5.74) is 0.0677. The lowest BCUT2D eigenvalue weighted by Gasteiger charge is -2.23. The number of aliphatic carboxylic acids is 1. The first kappa shape index (κ1) is 19.5. The summed E-state index contributed by atoms with van der Waals surface area (Å²) in [7, 11) is 0. The summed E-state index contributed by atoms with van der Waals surface area (Å²) in [6, 6.07) is 7.94. The summed E-state index contributed by atoms with van der Waals surface area (Å²) in [4.78, 5) is 35.0. The molecule has 1 amide bonds. The Bertz CT molecular complexity index is 578. The van der Waals surface area contributed by atoms with Crippen molar-refractivity contribution in [1.82, 2.24) is 5.32 Å². The highest BCUT2D eigenvalue weighted by molar-refractivity contribution is 5.84. The van der Waals surface area contributed by atoms with E-state index >= 15 is 0 Å². The van der Waals surface area contributed by atoms with Crippen molar-refractivity contribution in [3.8, 4) is 0 Å². The van der Waals surface area contributed by atoms with Crippen LogP contribution in [0.5, 0.6) is 0 Å².